The van der Waals surface area contributed by atoms with Gasteiger partial charge in [0.1, 0.15) is 0 Å². The van der Waals surface area contributed by atoms with Crippen molar-refractivity contribution >= 4 is 15.7 Å². The molecule has 0 aliphatic rings. The van der Waals surface area contributed by atoms with Gasteiger partial charge >= 0.3 is 0 Å². The van der Waals surface area contributed by atoms with E-state index < -0.39 is 10.0 Å². The lowest BCUT2D eigenvalue weighted by molar-refractivity contribution is 0.572. The number of anilines is 1. The van der Waals surface area contributed by atoms with Crippen LogP contribution in [0, 0.1) is 0 Å². The molecule has 1 heterocycles. The Hall–Kier alpha value is -1.82. The molecule has 1 aromatic carbocycles. The first-order valence-electron chi connectivity index (χ1n) is 5.10. The Kier molecular flexibility index (Phi) is 3.14. The van der Waals surface area contributed by atoms with Crippen LogP contribution >= 0.6 is 0 Å². The highest BCUT2D eigenvalue weighted by molar-refractivity contribution is 7.92. The molecule has 0 bridgehead atoms. The van der Waals surface area contributed by atoms with Gasteiger partial charge in [-0.25, -0.2) is 13.4 Å². The highest BCUT2D eigenvalue weighted by Gasteiger charge is 2.08. The number of hydrogen-bond acceptors (Lipinski definition) is 4. The van der Waals surface area contributed by atoms with Gasteiger partial charge in [-0.05, 0) is 19.1 Å². The van der Waals surface area contributed by atoms with Gasteiger partial charge in [0.05, 0.1) is 11.9 Å². The summed E-state index contributed by atoms with van der Waals surface area (Å²) in [5.41, 5.74) is 1.29. The van der Waals surface area contributed by atoms with E-state index in [0.717, 1.165) is 5.56 Å². The zero-order valence-corrected chi connectivity index (χ0v) is 10.1. The van der Waals surface area contributed by atoms with Gasteiger partial charge in [-0.1, -0.05) is 12.1 Å². The molecule has 1 N–H and O–H groups in total. The molecule has 2 aromatic rings. The van der Waals surface area contributed by atoms with Gasteiger partial charge in [0.2, 0.25) is 10.0 Å². The molecular weight excluding hydrogens is 240 g/mol. The molecule has 0 saturated carbocycles. The molecule has 17 heavy (non-hydrogen) atoms. The second kappa shape index (κ2) is 4.58. The number of rotatable bonds is 4. The highest BCUT2D eigenvalue weighted by Crippen LogP contribution is 2.22. The van der Waals surface area contributed by atoms with Crippen LogP contribution in [-0.2, 0) is 10.0 Å². The average molecular weight is 252 g/mol. The van der Waals surface area contributed by atoms with Crippen LogP contribution < -0.4 is 4.72 Å². The van der Waals surface area contributed by atoms with Gasteiger partial charge in [-0.15, -0.1) is 0 Å². The Morgan fingerprint density at radius 1 is 1.41 bits per heavy atom. The van der Waals surface area contributed by atoms with Gasteiger partial charge in [-0.2, -0.15) is 0 Å². The van der Waals surface area contributed by atoms with Crippen LogP contribution in [0.4, 0.5) is 5.69 Å². The zero-order valence-electron chi connectivity index (χ0n) is 9.25. The third-order valence-electron chi connectivity index (χ3n) is 2.23. The normalized spacial score (nSPS) is 11.4. The first-order valence-corrected chi connectivity index (χ1v) is 6.75. The molecule has 6 heteroatoms. The third kappa shape index (κ3) is 2.85. The van der Waals surface area contributed by atoms with Crippen molar-refractivity contribution in [2.75, 3.05) is 10.5 Å². The molecule has 0 saturated heterocycles. The van der Waals surface area contributed by atoms with Crippen molar-refractivity contribution in [2.24, 2.45) is 0 Å². The van der Waals surface area contributed by atoms with Crippen molar-refractivity contribution in [1.82, 2.24) is 4.98 Å². The van der Waals surface area contributed by atoms with E-state index in [9.17, 15) is 8.42 Å². The summed E-state index contributed by atoms with van der Waals surface area (Å²) in [6.45, 7) is 1.59. The lowest BCUT2D eigenvalue weighted by Gasteiger charge is -2.06. The van der Waals surface area contributed by atoms with E-state index in [1.807, 2.05) is 6.07 Å². The van der Waals surface area contributed by atoms with Crippen molar-refractivity contribution in [3.63, 3.8) is 0 Å². The molecule has 0 atom stereocenters. The monoisotopic (exact) mass is 252 g/mol. The fraction of sp³-hybridized carbons (Fsp3) is 0.182. The summed E-state index contributed by atoms with van der Waals surface area (Å²) in [5, 5.41) is 0. The summed E-state index contributed by atoms with van der Waals surface area (Å²) in [6, 6.07) is 6.97. The highest BCUT2D eigenvalue weighted by atomic mass is 32.2. The number of nitrogens with one attached hydrogen (secondary N) is 1. The van der Waals surface area contributed by atoms with Crippen LogP contribution in [0.15, 0.2) is 41.3 Å². The summed E-state index contributed by atoms with van der Waals surface area (Å²) < 4.78 is 30.5. The average Bonchev–Trinajstić information content (AvgIpc) is 2.82. The van der Waals surface area contributed by atoms with E-state index in [1.165, 1.54) is 6.39 Å². The number of hydrogen-bond donors (Lipinski definition) is 1. The second-order valence-corrected chi connectivity index (χ2v) is 5.46. The molecule has 2 rings (SSSR count). The largest absolute Gasteiger partial charge is 0.444 e. The maximum Gasteiger partial charge on any atom is 0.232 e. The van der Waals surface area contributed by atoms with Crippen molar-refractivity contribution in [1.29, 1.82) is 0 Å². The summed E-state index contributed by atoms with van der Waals surface area (Å²) >= 11 is 0. The van der Waals surface area contributed by atoms with Crippen LogP contribution in [0.2, 0.25) is 0 Å². The van der Waals surface area contributed by atoms with Gasteiger partial charge in [-0.3, -0.25) is 4.72 Å². The quantitative estimate of drug-likeness (QED) is 0.904. The smallest absolute Gasteiger partial charge is 0.232 e. The topological polar surface area (TPSA) is 72.2 Å². The number of benzene rings is 1. The molecule has 0 fully saturated rings. The lowest BCUT2D eigenvalue weighted by atomic mass is 10.2. The predicted octanol–water partition coefficient (Wildman–Crippen LogP) is 2.10. The van der Waals surface area contributed by atoms with E-state index in [2.05, 4.69) is 9.71 Å². The molecular formula is C11H12N2O3S. The van der Waals surface area contributed by atoms with Crippen LogP contribution in [-0.4, -0.2) is 19.2 Å². The molecule has 0 radical (unpaired) electrons. The van der Waals surface area contributed by atoms with Crippen molar-refractivity contribution in [3.8, 4) is 11.3 Å². The standard InChI is InChI=1S/C11H12N2O3S/c1-2-17(14,15)13-10-5-3-4-9(6-10)11-7-12-8-16-11/h3-8,13H,2H2,1H3. The van der Waals surface area contributed by atoms with Crippen LogP contribution in [0.3, 0.4) is 0 Å². The molecule has 90 valence electrons. The lowest BCUT2D eigenvalue weighted by Crippen LogP contribution is -2.14. The fourth-order valence-corrected chi connectivity index (χ4v) is 1.98. The van der Waals surface area contributed by atoms with Gasteiger partial charge in [0.15, 0.2) is 12.2 Å². The molecule has 5 nitrogen and oxygen atoms in total. The van der Waals surface area contributed by atoms with Crippen molar-refractivity contribution in [2.45, 2.75) is 6.92 Å². The molecule has 1 aromatic heterocycles. The minimum absolute atomic E-state index is 0.0412. The zero-order chi connectivity index (χ0) is 12.3. The van der Waals surface area contributed by atoms with E-state index in [-0.39, 0.29) is 5.75 Å². The third-order valence-corrected chi connectivity index (χ3v) is 3.54. The first kappa shape index (κ1) is 11.7. The van der Waals surface area contributed by atoms with Crippen molar-refractivity contribution < 1.29 is 12.8 Å². The summed E-state index contributed by atoms with van der Waals surface area (Å²) in [6.07, 6.45) is 2.91. The fourth-order valence-electron chi connectivity index (χ4n) is 1.35. The van der Waals surface area contributed by atoms with E-state index in [0.29, 0.717) is 11.4 Å². The predicted molar refractivity (Wildman–Crippen MR) is 65.0 cm³/mol. The Morgan fingerprint density at radius 3 is 2.88 bits per heavy atom. The number of nitrogens with zero attached hydrogens (tertiary/aromatic N) is 1. The van der Waals surface area contributed by atoms with E-state index >= 15 is 0 Å². The molecule has 0 amide bonds. The Balaban J connectivity index is 2.30. The van der Waals surface area contributed by atoms with Crippen molar-refractivity contribution in [3.05, 3.63) is 36.9 Å². The maximum absolute atomic E-state index is 11.4. The van der Waals surface area contributed by atoms with Crippen LogP contribution in [0.25, 0.3) is 11.3 Å². The van der Waals surface area contributed by atoms with E-state index in [1.54, 1.807) is 31.3 Å². The molecule has 0 aliphatic heterocycles. The van der Waals surface area contributed by atoms with Gasteiger partial charge in [0, 0.05) is 11.3 Å². The summed E-state index contributed by atoms with van der Waals surface area (Å²) in [5.74, 6) is 0.641. The van der Waals surface area contributed by atoms with Gasteiger partial charge < -0.3 is 4.42 Å². The molecule has 0 spiro atoms. The second-order valence-electron chi connectivity index (χ2n) is 3.45. The minimum Gasteiger partial charge on any atom is -0.444 e. The number of sulfonamides is 1. The Labute approximate surface area is 99.5 Å². The Bertz CT molecular complexity index is 591. The maximum atomic E-state index is 11.4. The molecule has 0 unspecified atom stereocenters. The number of aromatic nitrogens is 1. The number of oxazole rings is 1. The SMILES string of the molecule is CCS(=O)(=O)Nc1cccc(-c2cnco2)c1. The Morgan fingerprint density at radius 2 is 2.24 bits per heavy atom. The van der Waals surface area contributed by atoms with E-state index in [4.69, 9.17) is 4.42 Å². The van der Waals surface area contributed by atoms with Crippen LogP contribution in [0.5, 0.6) is 0 Å². The van der Waals surface area contributed by atoms with Crippen LogP contribution in [0.1, 0.15) is 6.92 Å². The molecule has 0 aliphatic carbocycles. The minimum atomic E-state index is -3.25. The summed E-state index contributed by atoms with van der Waals surface area (Å²) in [7, 11) is -3.25. The summed E-state index contributed by atoms with van der Waals surface area (Å²) in [4.78, 5) is 3.81. The first-order chi connectivity index (χ1) is 8.11. The van der Waals surface area contributed by atoms with Gasteiger partial charge in [0.25, 0.3) is 0 Å².